The molecule has 0 unspecified atom stereocenters. The predicted octanol–water partition coefficient (Wildman–Crippen LogP) is 0.994. The number of alkyl halides is 3. The number of nitrogens with zero attached hydrogens (tertiary/aromatic N) is 2. The third-order valence-electron chi connectivity index (χ3n) is 3.86. The van der Waals surface area contributed by atoms with Crippen LogP contribution in [0.15, 0.2) is 29.4 Å². The molecule has 1 aromatic rings. The molecule has 0 radical (unpaired) electrons. The van der Waals surface area contributed by atoms with Crippen molar-refractivity contribution in [3.63, 3.8) is 0 Å². The van der Waals surface area contributed by atoms with Crippen molar-refractivity contribution in [3.05, 3.63) is 35.4 Å². The molecule has 2 rings (SSSR count). The van der Waals surface area contributed by atoms with Crippen LogP contribution in [0.4, 0.5) is 13.2 Å². The zero-order valence-corrected chi connectivity index (χ0v) is 14.6. The first-order valence-corrected chi connectivity index (χ1v) is 8.45. The molecule has 2 amide bonds. The number of nitrogens with one attached hydrogen (secondary N) is 2. The molecule has 148 valence electrons. The van der Waals surface area contributed by atoms with E-state index in [1.54, 1.807) is 0 Å². The Morgan fingerprint density at radius 3 is 2.44 bits per heavy atom. The van der Waals surface area contributed by atoms with E-state index in [9.17, 15) is 22.8 Å². The van der Waals surface area contributed by atoms with E-state index >= 15 is 0 Å². The van der Waals surface area contributed by atoms with Gasteiger partial charge in [0.1, 0.15) is 0 Å². The fourth-order valence-electron chi connectivity index (χ4n) is 2.38. The molecule has 1 fully saturated rings. The second kappa shape index (κ2) is 10.0. The summed E-state index contributed by atoms with van der Waals surface area (Å²) in [6.45, 7) is 4.27. The Labute approximate surface area is 154 Å². The van der Waals surface area contributed by atoms with Crippen LogP contribution in [-0.2, 0) is 20.5 Å². The first kappa shape index (κ1) is 20.8. The Morgan fingerprint density at radius 1 is 1.15 bits per heavy atom. The summed E-state index contributed by atoms with van der Waals surface area (Å²) in [5, 5.41) is 6.05. The number of ether oxygens (including phenoxy) is 1. The molecule has 0 bridgehead atoms. The zero-order valence-electron chi connectivity index (χ0n) is 14.6. The Morgan fingerprint density at radius 2 is 1.81 bits per heavy atom. The number of morpholine rings is 1. The van der Waals surface area contributed by atoms with Crippen molar-refractivity contribution in [1.82, 2.24) is 15.6 Å². The molecule has 1 saturated heterocycles. The standard InChI is InChI=1S/C17H21F3N4O3/c18-17(19,20)14-4-2-13(3-5-14)12-22-23-16(26)15(25)21-6-1-7-24-8-10-27-11-9-24/h2-5,12H,1,6-11H2,(H,21,25)(H,23,26)/b22-12-. The number of hydrazone groups is 1. The molecular formula is C17H21F3N4O3. The van der Waals surface area contributed by atoms with Gasteiger partial charge in [-0.1, -0.05) is 12.1 Å². The van der Waals surface area contributed by atoms with Crippen molar-refractivity contribution in [3.8, 4) is 0 Å². The lowest BCUT2D eigenvalue weighted by Crippen LogP contribution is -2.40. The number of carbonyl (C=O) groups excluding carboxylic acids is 2. The summed E-state index contributed by atoms with van der Waals surface area (Å²) >= 11 is 0. The summed E-state index contributed by atoms with van der Waals surface area (Å²) < 4.78 is 42.6. The molecule has 1 aliphatic rings. The quantitative estimate of drug-likeness (QED) is 0.331. The van der Waals surface area contributed by atoms with Crippen LogP contribution in [0, 0.1) is 0 Å². The molecule has 0 saturated carbocycles. The summed E-state index contributed by atoms with van der Waals surface area (Å²) in [4.78, 5) is 25.5. The molecule has 0 spiro atoms. The smallest absolute Gasteiger partial charge is 0.379 e. The molecule has 7 nitrogen and oxygen atoms in total. The van der Waals surface area contributed by atoms with Gasteiger partial charge in [-0.3, -0.25) is 14.5 Å². The molecule has 0 aromatic heterocycles. The van der Waals surface area contributed by atoms with Crippen LogP contribution in [0.5, 0.6) is 0 Å². The molecule has 0 aliphatic carbocycles. The molecular weight excluding hydrogens is 365 g/mol. The maximum absolute atomic E-state index is 12.5. The third kappa shape index (κ3) is 7.35. The van der Waals surface area contributed by atoms with Gasteiger partial charge in [0.15, 0.2) is 0 Å². The number of carbonyl (C=O) groups is 2. The largest absolute Gasteiger partial charge is 0.416 e. The third-order valence-corrected chi connectivity index (χ3v) is 3.86. The average Bonchev–Trinajstić information content (AvgIpc) is 2.65. The SMILES string of the molecule is O=C(NCCCN1CCOCC1)C(=O)N/N=C\c1ccc(C(F)(F)F)cc1. The van der Waals surface area contributed by atoms with Gasteiger partial charge in [-0.25, -0.2) is 5.43 Å². The predicted molar refractivity (Wildman–Crippen MR) is 92.1 cm³/mol. The van der Waals surface area contributed by atoms with Crippen LogP contribution in [0.1, 0.15) is 17.5 Å². The number of amides is 2. The molecule has 1 aromatic carbocycles. The molecule has 2 N–H and O–H groups in total. The van der Waals surface area contributed by atoms with Crippen molar-refractivity contribution >= 4 is 18.0 Å². The number of hydrogen-bond acceptors (Lipinski definition) is 5. The Balaban J connectivity index is 1.66. The first-order chi connectivity index (χ1) is 12.9. The maximum Gasteiger partial charge on any atom is 0.416 e. The maximum atomic E-state index is 12.5. The van der Waals surface area contributed by atoms with Crippen molar-refractivity contribution < 1.29 is 27.5 Å². The topological polar surface area (TPSA) is 83.0 Å². The Hall–Kier alpha value is -2.46. The highest BCUT2D eigenvalue weighted by molar-refractivity contribution is 6.35. The van der Waals surface area contributed by atoms with Crippen LogP contribution in [0.3, 0.4) is 0 Å². The number of benzene rings is 1. The van der Waals surface area contributed by atoms with E-state index in [0.29, 0.717) is 31.7 Å². The van der Waals surface area contributed by atoms with Gasteiger partial charge in [-0.15, -0.1) is 0 Å². The first-order valence-electron chi connectivity index (χ1n) is 8.45. The van der Waals surface area contributed by atoms with Crippen LogP contribution >= 0.6 is 0 Å². The van der Waals surface area contributed by atoms with Crippen molar-refractivity contribution in [2.24, 2.45) is 5.10 Å². The number of rotatable bonds is 6. The van der Waals surface area contributed by atoms with E-state index in [1.807, 2.05) is 5.43 Å². The van der Waals surface area contributed by atoms with Gasteiger partial charge in [0.05, 0.1) is 25.0 Å². The lowest BCUT2D eigenvalue weighted by atomic mass is 10.1. The monoisotopic (exact) mass is 386 g/mol. The second-order valence-electron chi connectivity index (χ2n) is 5.88. The molecule has 27 heavy (non-hydrogen) atoms. The zero-order chi connectivity index (χ0) is 19.7. The van der Waals surface area contributed by atoms with Gasteiger partial charge in [0, 0.05) is 19.6 Å². The van der Waals surface area contributed by atoms with Crippen molar-refractivity contribution in [2.45, 2.75) is 12.6 Å². The van der Waals surface area contributed by atoms with Crippen molar-refractivity contribution in [2.75, 3.05) is 39.4 Å². The van der Waals surface area contributed by atoms with Crippen molar-refractivity contribution in [1.29, 1.82) is 0 Å². The van der Waals surface area contributed by atoms with E-state index in [-0.39, 0.29) is 0 Å². The summed E-state index contributed by atoms with van der Waals surface area (Å²) in [6, 6.07) is 4.24. The van der Waals surface area contributed by atoms with Crippen LogP contribution in [-0.4, -0.2) is 62.3 Å². The minimum atomic E-state index is -4.41. The normalized spacial score (nSPS) is 15.7. The van der Waals surface area contributed by atoms with Crippen LogP contribution in [0.2, 0.25) is 0 Å². The van der Waals surface area contributed by atoms with Crippen LogP contribution in [0.25, 0.3) is 0 Å². The number of halogens is 3. The van der Waals surface area contributed by atoms with Gasteiger partial charge in [0.25, 0.3) is 0 Å². The summed E-state index contributed by atoms with van der Waals surface area (Å²) in [7, 11) is 0. The highest BCUT2D eigenvalue weighted by Gasteiger charge is 2.29. The van der Waals surface area contributed by atoms with E-state index in [1.165, 1.54) is 12.1 Å². The minimum Gasteiger partial charge on any atom is -0.379 e. The van der Waals surface area contributed by atoms with E-state index < -0.39 is 23.6 Å². The minimum absolute atomic E-state index is 0.353. The summed E-state index contributed by atoms with van der Waals surface area (Å²) in [5.74, 6) is -1.76. The Bertz CT molecular complexity index is 656. The molecule has 1 heterocycles. The van der Waals surface area contributed by atoms with Gasteiger partial charge >= 0.3 is 18.0 Å². The van der Waals surface area contributed by atoms with E-state index in [2.05, 4.69) is 15.3 Å². The molecule has 0 atom stereocenters. The summed E-state index contributed by atoms with van der Waals surface area (Å²) in [5.41, 5.74) is 1.61. The van der Waals surface area contributed by atoms with E-state index in [0.717, 1.165) is 38.0 Å². The lowest BCUT2D eigenvalue weighted by Gasteiger charge is -2.26. The highest BCUT2D eigenvalue weighted by Crippen LogP contribution is 2.28. The fourth-order valence-corrected chi connectivity index (χ4v) is 2.38. The fraction of sp³-hybridized carbons (Fsp3) is 0.471. The average molecular weight is 386 g/mol. The van der Waals surface area contributed by atoms with Gasteiger partial charge in [-0.2, -0.15) is 18.3 Å². The Kier molecular flexibility index (Phi) is 7.74. The molecule has 10 heteroatoms. The van der Waals surface area contributed by atoms with Gasteiger partial charge in [0.2, 0.25) is 0 Å². The van der Waals surface area contributed by atoms with Crippen LogP contribution < -0.4 is 10.7 Å². The van der Waals surface area contributed by atoms with Gasteiger partial charge in [-0.05, 0) is 30.7 Å². The summed E-state index contributed by atoms with van der Waals surface area (Å²) in [6.07, 6.45) is -2.55. The van der Waals surface area contributed by atoms with E-state index in [4.69, 9.17) is 4.74 Å². The lowest BCUT2D eigenvalue weighted by molar-refractivity contribution is -0.139. The highest BCUT2D eigenvalue weighted by atomic mass is 19.4. The number of hydrogen-bond donors (Lipinski definition) is 2. The molecule has 1 aliphatic heterocycles. The van der Waals surface area contributed by atoms with Gasteiger partial charge < -0.3 is 10.1 Å². The second-order valence-corrected chi connectivity index (χ2v) is 5.88.